The highest BCUT2D eigenvalue weighted by molar-refractivity contribution is 7.89. The van der Waals surface area contributed by atoms with E-state index in [9.17, 15) is 13.2 Å². The van der Waals surface area contributed by atoms with Crippen molar-refractivity contribution in [2.45, 2.75) is 56.5 Å². The molecule has 1 atom stereocenters. The van der Waals surface area contributed by atoms with Gasteiger partial charge in [0.05, 0.1) is 0 Å². The van der Waals surface area contributed by atoms with E-state index in [-0.39, 0.29) is 16.6 Å². The maximum Gasteiger partial charge on any atom is 0.249 e. The molecule has 7 nitrogen and oxygen atoms in total. The second kappa shape index (κ2) is 7.00. The molecule has 0 aliphatic carbocycles. The molecule has 1 aromatic carbocycles. The Balaban J connectivity index is 1.68. The zero-order chi connectivity index (χ0) is 19.9. The zero-order valence-electron chi connectivity index (χ0n) is 16.2. The fraction of sp³-hybridized carbons (Fsp3) is 0.500. The summed E-state index contributed by atoms with van der Waals surface area (Å²) in [6.07, 6.45) is 2.57. The topological polar surface area (TPSA) is 83.7 Å². The van der Waals surface area contributed by atoms with Crippen LogP contribution in [-0.4, -0.2) is 47.3 Å². The molecule has 1 spiro atoms. The third-order valence-electron chi connectivity index (χ3n) is 5.86. The van der Waals surface area contributed by atoms with Crippen molar-refractivity contribution in [2.24, 2.45) is 0 Å². The number of nitrogens with zero attached hydrogens (tertiary/aromatic N) is 3. The van der Waals surface area contributed by atoms with Crippen molar-refractivity contribution in [3.05, 3.63) is 47.3 Å². The average molecular weight is 404 g/mol. The molecule has 1 aromatic heterocycles. The van der Waals surface area contributed by atoms with Crippen LogP contribution < -0.4 is 0 Å². The Morgan fingerprint density at radius 1 is 1.11 bits per heavy atom. The predicted molar refractivity (Wildman–Crippen MR) is 103 cm³/mol. The molecule has 150 valence electrons. The molecule has 0 bridgehead atoms. The number of hydrogen-bond acceptors (Lipinski definition) is 5. The first-order chi connectivity index (χ1) is 13.4. The van der Waals surface area contributed by atoms with E-state index in [1.54, 1.807) is 18.7 Å². The molecule has 0 N–H and O–H groups in total. The summed E-state index contributed by atoms with van der Waals surface area (Å²) in [6.45, 7) is 4.71. The first-order valence-corrected chi connectivity index (χ1v) is 11.1. The molecule has 28 heavy (non-hydrogen) atoms. The van der Waals surface area contributed by atoms with Gasteiger partial charge in [-0.25, -0.2) is 8.42 Å². The molecule has 2 aliphatic heterocycles. The summed E-state index contributed by atoms with van der Waals surface area (Å²) in [5, 5.41) is 3.80. The third kappa shape index (κ3) is 2.95. The number of likely N-dealkylation sites (tertiary alicyclic amines) is 1. The fourth-order valence-electron chi connectivity index (χ4n) is 4.64. The second-order valence-corrected chi connectivity index (χ2v) is 9.48. The van der Waals surface area contributed by atoms with Crippen molar-refractivity contribution in [3.8, 4) is 0 Å². The van der Waals surface area contributed by atoms with Crippen molar-refractivity contribution >= 4 is 15.9 Å². The first kappa shape index (κ1) is 19.1. The van der Waals surface area contributed by atoms with Crippen LogP contribution in [0.15, 0.2) is 39.8 Å². The summed E-state index contributed by atoms with van der Waals surface area (Å²) >= 11 is 0. The minimum absolute atomic E-state index is 0.0876. The molecule has 2 aliphatic rings. The van der Waals surface area contributed by atoms with E-state index < -0.39 is 15.6 Å². The van der Waals surface area contributed by atoms with Crippen LogP contribution in [0.5, 0.6) is 0 Å². The molecule has 3 heterocycles. The highest BCUT2D eigenvalue weighted by Gasteiger charge is 2.56. The van der Waals surface area contributed by atoms with E-state index in [1.165, 1.54) is 4.31 Å². The van der Waals surface area contributed by atoms with Gasteiger partial charge in [0.2, 0.25) is 15.9 Å². The Labute approximate surface area is 165 Å². The van der Waals surface area contributed by atoms with Gasteiger partial charge in [-0.05, 0) is 45.1 Å². The Morgan fingerprint density at radius 3 is 2.43 bits per heavy atom. The Hall–Kier alpha value is -2.19. The van der Waals surface area contributed by atoms with Crippen LogP contribution in [-0.2, 0) is 21.4 Å². The molecule has 2 fully saturated rings. The van der Waals surface area contributed by atoms with Gasteiger partial charge in [0.25, 0.3) is 0 Å². The van der Waals surface area contributed by atoms with Crippen LogP contribution in [0.2, 0.25) is 0 Å². The Morgan fingerprint density at radius 2 is 1.79 bits per heavy atom. The van der Waals surface area contributed by atoms with Gasteiger partial charge < -0.3 is 9.42 Å². The van der Waals surface area contributed by atoms with Gasteiger partial charge >= 0.3 is 0 Å². The number of aromatic nitrogens is 1. The quantitative estimate of drug-likeness (QED) is 0.784. The Bertz CT molecular complexity index is 967. The van der Waals surface area contributed by atoms with Gasteiger partial charge in [-0.3, -0.25) is 4.79 Å². The standard InChI is InChI=1S/C20H25N3O4S/c1-15-18(16(2)27-21-15)28(25,26)23-13-7-11-20(23)10-6-12-22(19(20)24)14-17-8-4-3-5-9-17/h3-5,8-9H,6-7,10-14H2,1-2H3. The van der Waals surface area contributed by atoms with Crippen LogP contribution in [0.25, 0.3) is 0 Å². The van der Waals surface area contributed by atoms with Gasteiger partial charge in [0.15, 0.2) is 5.76 Å². The molecule has 0 radical (unpaired) electrons. The fourth-order valence-corrected chi connectivity index (χ4v) is 6.76. The highest BCUT2D eigenvalue weighted by atomic mass is 32.2. The summed E-state index contributed by atoms with van der Waals surface area (Å²) in [5.41, 5.74) is 0.386. The lowest BCUT2D eigenvalue weighted by molar-refractivity contribution is -0.145. The summed E-state index contributed by atoms with van der Waals surface area (Å²) in [7, 11) is -3.86. The normalized spacial score (nSPS) is 23.6. The molecular weight excluding hydrogens is 378 g/mol. The van der Waals surface area contributed by atoms with Gasteiger partial charge in [-0.1, -0.05) is 35.5 Å². The summed E-state index contributed by atoms with van der Waals surface area (Å²) in [6, 6.07) is 9.81. The van der Waals surface area contributed by atoms with E-state index in [0.717, 1.165) is 12.0 Å². The van der Waals surface area contributed by atoms with Gasteiger partial charge in [0, 0.05) is 19.6 Å². The maximum atomic E-state index is 13.5. The number of amides is 1. The lowest BCUT2D eigenvalue weighted by Crippen LogP contribution is -2.61. The van der Waals surface area contributed by atoms with Gasteiger partial charge in [-0.15, -0.1) is 0 Å². The molecular formula is C20H25N3O4S. The van der Waals surface area contributed by atoms with Gasteiger partial charge in [0.1, 0.15) is 16.1 Å². The highest BCUT2D eigenvalue weighted by Crippen LogP contribution is 2.42. The Kier molecular flexibility index (Phi) is 4.79. The maximum absolute atomic E-state index is 13.5. The van der Waals surface area contributed by atoms with Crippen molar-refractivity contribution in [1.29, 1.82) is 0 Å². The lowest BCUT2D eigenvalue weighted by atomic mass is 9.86. The molecule has 2 aromatic rings. The summed E-state index contributed by atoms with van der Waals surface area (Å²) in [5.74, 6) is 0.180. The molecule has 1 amide bonds. The van der Waals surface area contributed by atoms with Gasteiger partial charge in [-0.2, -0.15) is 4.31 Å². The number of hydrogen-bond donors (Lipinski definition) is 0. The van der Waals surface area contributed by atoms with Crippen molar-refractivity contribution in [3.63, 3.8) is 0 Å². The molecule has 1 unspecified atom stereocenters. The number of aryl methyl sites for hydroxylation is 2. The smallest absolute Gasteiger partial charge is 0.249 e. The second-order valence-electron chi connectivity index (χ2n) is 7.68. The SMILES string of the molecule is Cc1noc(C)c1S(=O)(=O)N1CCCC12CCCN(Cc1ccccc1)C2=O. The number of carbonyl (C=O) groups excluding carboxylic acids is 1. The largest absolute Gasteiger partial charge is 0.360 e. The summed E-state index contributed by atoms with van der Waals surface area (Å²) < 4.78 is 33.5. The average Bonchev–Trinajstić information content (AvgIpc) is 3.25. The van der Waals surface area contributed by atoms with E-state index in [2.05, 4.69) is 5.16 Å². The predicted octanol–water partition coefficient (Wildman–Crippen LogP) is 2.64. The third-order valence-corrected chi connectivity index (χ3v) is 8.08. The minimum atomic E-state index is -3.86. The number of sulfonamides is 1. The van der Waals surface area contributed by atoms with Crippen molar-refractivity contribution in [2.75, 3.05) is 13.1 Å². The number of rotatable bonds is 4. The van der Waals surface area contributed by atoms with E-state index >= 15 is 0 Å². The lowest BCUT2D eigenvalue weighted by Gasteiger charge is -2.43. The van der Waals surface area contributed by atoms with E-state index in [0.29, 0.717) is 44.6 Å². The number of carbonyl (C=O) groups is 1. The van der Waals surface area contributed by atoms with Crippen LogP contribution >= 0.6 is 0 Å². The van der Waals surface area contributed by atoms with Crippen LogP contribution in [0.1, 0.15) is 42.7 Å². The molecule has 0 saturated carbocycles. The summed E-state index contributed by atoms with van der Waals surface area (Å²) in [4.78, 5) is 15.4. The molecule has 8 heteroatoms. The van der Waals surface area contributed by atoms with Crippen molar-refractivity contribution < 1.29 is 17.7 Å². The number of piperidine rings is 1. The van der Waals surface area contributed by atoms with Crippen LogP contribution in [0.4, 0.5) is 0 Å². The molecule has 2 saturated heterocycles. The van der Waals surface area contributed by atoms with Crippen LogP contribution in [0, 0.1) is 13.8 Å². The monoisotopic (exact) mass is 403 g/mol. The van der Waals surface area contributed by atoms with E-state index in [1.807, 2.05) is 30.3 Å². The molecule has 4 rings (SSSR count). The minimum Gasteiger partial charge on any atom is -0.360 e. The van der Waals surface area contributed by atoms with Crippen molar-refractivity contribution in [1.82, 2.24) is 14.4 Å². The van der Waals surface area contributed by atoms with E-state index in [4.69, 9.17) is 4.52 Å². The zero-order valence-corrected chi connectivity index (χ0v) is 17.0. The number of benzene rings is 1. The van der Waals surface area contributed by atoms with Crippen LogP contribution in [0.3, 0.4) is 0 Å². The first-order valence-electron chi connectivity index (χ1n) is 9.65.